The van der Waals surface area contributed by atoms with E-state index < -0.39 is 0 Å². The first-order valence-electron chi connectivity index (χ1n) is 7.74. The van der Waals surface area contributed by atoms with E-state index in [1.165, 1.54) is 25.0 Å². The molecule has 108 valence electrons. The van der Waals surface area contributed by atoms with Crippen LogP contribution in [0, 0.1) is 5.92 Å². The van der Waals surface area contributed by atoms with Gasteiger partial charge in [-0.05, 0) is 37.4 Å². The van der Waals surface area contributed by atoms with Crippen molar-refractivity contribution in [3.05, 3.63) is 30.1 Å². The average molecular weight is 272 g/mol. The van der Waals surface area contributed by atoms with Crippen molar-refractivity contribution < 1.29 is 0 Å². The van der Waals surface area contributed by atoms with Gasteiger partial charge in [0.15, 0.2) is 5.82 Å². The normalized spacial score (nSPS) is 19.7. The van der Waals surface area contributed by atoms with Gasteiger partial charge in [0.1, 0.15) is 5.65 Å². The fourth-order valence-electron chi connectivity index (χ4n) is 3.25. The summed E-state index contributed by atoms with van der Waals surface area (Å²) < 4.78 is 2.19. The van der Waals surface area contributed by atoms with Gasteiger partial charge < -0.3 is 15.0 Å². The summed E-state index contributed by atoms with van der Waals surface area (Å²) in [7, 11) is 0. The quantitative estimate of drug-likeness (QED) is 0.930. The number of fused-ring (bicyclic) bond motifs is 1. The Bertz CT molecular complexity index is 575. The molecule has 0 bridgehead atoms. The summed E-state index contributed by atoms with van der Waals surface area (Å²) in [6.07, 6.45) is 6.86. The third-order valence-electron chi connectivity index (χ3n) is 4.38. The smallest absolute Gasteiger partial charge is 0.151 e. The van der Waals surface area contributed by atoms with Crippen LogP contribution < -0.4 is 10.6 Å². The number of imidazole rings is 1. The Morgan fingerprint density at radius 1 is 1.40 bits per heavy atom. The number of rotatable bonds is 4. The molecule has 3 heterocycles. The highest BCUT2D eigenvalue weighted by Gasteiger charge is 2.23. The van der Waals surface area contributed by atoms with Gasteiger partial charge >= 0.3 is 0 Å². The molecule has 0 amide bonds. The number of piperidine rings is 1. The third kappa shape index (κ3) is 2.40. The van der Waals surface area contributed by atoms with E-state index in [0.717, 1.165) is 36.9 Å². The fourth-order valence-corrected chi connectivity index (χ4v) is 3.25. The second kappa shape index (κ2) is 5.83. The lowest BCUT2D eigenvalue weighted by Crippen LogP contribution is -2.36. The Balaban J connectivity index is 1.99. The zero-order valence-corrected chi connectivity index (χ0v) is 12.3. The number of aromatic nitrogens is 2. The first-order chi connectivity index (χ1) is 9.83. The predicted molar refractivity (Wildman–Crippen MR) is 83.2 cm³/mol. The summed E-state index contributed by atoms with van der Waals surface area (Å²) in [5.74, 6) is 1.96. The SMILES string of the molecule is CCC1CCCN(c2nc3ccccn3c2CCN)C1. The molecule has 0 aromatic carbocycles. The summed E-state index contributed by atoms with van der Waals surface area (Å²) in [4.78, 5) is 7.32. The molecule has 0 aliphatic carbocycles. The second-order valence-electron chi connectivity index (χ2n) is 5.71. The van der Waals surface area contributed by atoms with E-state index in [4.69, 9.17) is 10.7 Å². The highest BCUT2D eigenvalue weighted by atomic mass is 15.2. The summed E-state index contributed by atoms with van der Waals surface area (Å²) in [6.45, 7) is 5.22. The molecule has 2 aromatic rings. The summed E-state index contributed by atoms with van der Waals surface area (Å²) in [5, 5.41) is 0. The molecule has 20 heavy (non-hydrogen) atoms. The van der Waals surface area contributed by atoms with Crippen molar-refractivity contribution in [2.75, 3.05) is 24.5 Å². The van der Waals surface area contributed by atoms with Crippen LogP contribution in [0.2, 0.25) is 0 Å². The maximum Gasteiger partial charge on any atom is 0.151 e. The van der Waals surface area contributed by atoms with E-state index in [1.54, 1.807) is 0 Å². The standard InChI is InChI=1S/C16H24N4/c1-2-13-6-5-10-19(12-13)16-14(8-9-17)20-11-4-3-7-15(20)18-16/h3-4,7,11,13H,2,5-6,8-10,12,17H2,1H3. The minimum absolute atomic E-state index is 0.667. The van der Waals surface area contributed by atoms with Gasteiger partial charge in [0.2, 0.25) is 0 Å². The number of nitrogens with zero attached hydrogens (tertiary/aromatic N) is 3. The van der Waals surface area contributed by atoms with Crippen LogP contribution in [-0.4, -0.2) is 29.0 Å². The minimum atomic E-state index is 0.667. The number of pyridine rings is 1. The number of anilines is 1. The van der Waals surface area contributed by atoms with Crippen LogP contribution in [0.1, 0.15) is 31.9 Å². The molecular formula is C16H24N4. The van der Waals surface area contributed by atoms with Gasteiger partial charge in [-0.15, -0.1) is 0 Å². The van der Waals surface area contributed by atoms with Crippen LogP contribution in [0.15, 0.2) is 24.4 Å². The van der Waals surface area contributed by atoms with Gasteiger partial charge in [-0.3, -0.25) is 0 Å². The third-order valence-corrected chi connectivity index (χ3v) is 4.38. The van der Waals surface area contributed by atoms with E-state index in [1.807, 2.05) is 6.07 Å². The van der Waals surface area contributed by atoms with Crippen LogP contribution in [0.25, 0.3) is 5.65 Å². The lowest BCUT2D eigenvalue weighted by Gasteiger charge is -2.33. The van der Waals surface area contributed by atoms with E-state index in [0.29, 0.717) is 6.54 Å². The molecule has 1 aliphatic heterocycles. The molecule has 0 spiro atoms. The fraction of sp³-hybridized carbons (Fsp3) is 0.562. The van der Waals surface area contributed by atoms with Crippen molar-refractivity contribution in [2.24, 2.45) is 11.7 Å². The molecule has 3 rings (SSSR count). The molecule has 2 aromatic heterocycles. The minimum Gasteiger partial charge on any atom is -0.355 e. The summed E-state index contributed by atoms with van der Waals surface area (Å²) in [6, 6.07) is 6.18. The van der Waals surface area contributed by atoms with Crippen LogP contribution >= 0.6 is 0 Å². The Labute approximate surface area is 120 Å². The van der Waals surface area contributed by atoms with Crippen LogP contribution in [0.3, 0.4) is 0 Å². The highest BCUT2D eigenvalue weighted by molar-refractivity contribution is 5.56. The van der Waals surface area contributed by atoms with Crippen molar-refractivity contribution in [2.45, 2.75) is 32.6 Å². The lowest BCUT2D eigenvalue weighted by molar-refractivity contribution is 0.403. The van der Waals surface area contributed by atoms with Crippen molar-refractivity contribution >= 4 is 11.5 Å². The van der Waals surface area contributed by atoms with Crippen molar-refractivity contribution in [1.82, 2.24) is 9.38 Å². The van der Waals surface area contributed by atoms with Gasteiger partial charge in [-0.2, -0.15) is 0 Å². The van der Waals surface area contributed by atoms with Crippen LogP contribution in [0.4, 0.5) is 5.82 Å². The number of hydrogen-bond donors (Lipinski definition) is 1. The molecule has 4 heteroatoms. The molecule has 4 nitrogen and oxygen atoms in total. The number of hydrogen-bond acceptors (Lipinski definition) is 3. The van der Waals surface area contributed by atoms with Crippen molar-refractivity contribution in [3.8, 4) is 0 Å². The largest absolute Gasteiger partial charge is 0.355 e. The average Bonchev–Trinajstić information content (AvgIpc) is 2.87. The topological polar surface area (TPSA) is 46.6 Å². The van der Waals surface area contributed by atoms with E-state index in [9.17, 15) is 0 Å². The molecule has 1 unspecified atom stereocenters. The summed E-state index contributed by atoms with van der Waals surface area (Å²) >= 11 is 0. The maximum atomic E-state index is 5.80. The van der Waals surface area contributed by atoms with E-state index in [-0.39, 0.29) is 0 Å². The van der Waals surface area contributed by atoms with Gasteiger partial charge in [-0.1, -0.05) is 19.4 Å². The molecule has 1 atom stereocenters. The van der Waals surface area contributed by atoms with Gasteiger partial charge in [-0.25, -0.2) is 4.98 Å². The Hall–Kier alpha value is -1.55. The van der Waals surface area contributed by atoms with Crippen molar-refractivity contribution in [1.29, 1.82) is 0 Å². The molecular weight excluding hydrogens is 248 g/mol. The molecule has 2 N–H and O–H groups in total. The van der Waals surface area contributed by atoms with Crippen LogP contribution in [-0.2, 0) is 6.42 Å². The number of nitrogens with two attached hydrogens (primary N) is 1. The van der Waals surface area contributed by atoms with Crippen LogP contribution in [0.5, 0.6) is 0 Å². The summed E-state index contributed by atoms with van der Waals surface area (Å²) in [5.41, 5.74) is 8.10. The molecule has 0 saturated carbocycles. The lowest BCUT2D eigenvalue weighted by atomic mass is 9.95. The second-order valence-corrected chi connectivity index (χ2v) is 5.71. The van der Waals surface area contributed by atoms with E-state index >= 15 is 0 Å². The first-order valence-corrected chi connectivity index (χ1v) is 7.74. The van der Waals surface area contributed by atoms with Gasteiger partial charge in [0.25, 0.3) is 0 Å². The molecule has 0 radical (unpaired) electrons. The Morgan fingerprint density at radius 3 is 3.10 bits per heavy atom. The van der Waals surface area contributed by atoms with Crippen molar-refractivity contribution in [3.63, 3.8) is 0 Å². The molecule has 1 aliphatic rings. The zero-order chi connectivity index (χ0) is 13.9. The van der Waals surface area contributed by atoms with Gasteiger partial charge in [0.05, 0.1) is 5.69 Å². The predicted octanol–water partition coefficient (Wildman–Crippen LogP) is 2.46. The van der Waals surface area contributed by atoms with E-state index in [2.05, 4.69) is 34.6 Å². The highest BCUT2D eigenvalue weighted by Crippen LogP contribution is 2.28. The molecule has 1 saturated heterocycles. The first kappa shape index (κ1) is 13.4. The molecule has 1 fully saturated rings. The monoisotopic (exact) mass is 272 g/mol. The Kier molecular flexibility index (Phi) is 3.92. The zero-order valence-electron chi connectivity index (χ0n) is 12.3. The van der Waals surface area contributed by atoms with Gasteiger partial charge in [0, 0.05) is 25.7 Å². The Morgan fingerprint density at radius 2 is 2.30 bits per heavy atom. The maximum absolute atomic E-state index is 5.80.